The Morgan fingerprint density at radius 3 is 2.71 bits per heavy atom. The average Bonchev–Trinajstić information content (AvgIpc) is 2.09. The minimum Gasteiger partial charge on any atom is -0.378 e. The topological polar surface area (TPSA) is 85.7 Å². The van der Waals surface area contributed by atoms with Gasteiger partial charge in [-0.3, -0.25) is 0 Å². The van der Waals surface area contributed by atoms with Crippen LogP contribution in [0.2, 0.25) is 0 Å². The lowest BCUT2D eigenvalue weighted by atomic mass is 9.90. The minimum atomic E-state index is -4.55. The van der Waals surface area contributed by atoms with Crippen LogP contribution in [0.15, 0.2) is 16.8 Å². The Morgan fingerprint density at radius 1 is 1.59 bits per heavy atom. The third-order valence-corrected chi connectivity index (χ3v) is 2.81. The maximum absolute atomic E-state index is 12.8. The lowest BCUT2D eigenvalue weighted by molar-refractivity contribution is -0.111. The SMILES string of the molecule is NC1=NC=C(C(F)(F)F)C(N)(CC2CCO2)N1. The number of alkyl halides is 3. The van der Waals surface area contributed by atoms with Crippen molar-refractivity contribution in [3.63, 3.8) is 0 Å². The first-order chi connectivity index (χ1) is 7.81. The average molecular weight is 250 g/mol. The molecule has 2 heterocycles. The zero-order chi connectivity index (χ0) is 12.7. The van der Waals surface area contributed by atoms with E-state index in [0.29, 0.717) is 19.2 Å². The van der Waals surface area contributed by atoms with Gasteiger partial charge in [0.2, 0.25) is 0 Å². The summed E-state index contributed by atoms with van der Waals surface area (Å²) in [6, 6.07) is 0. The molecule has 1 fully saturated rings. The summed E-state index contributed by atoms with van der Waals surface area (Å²) in [6.07, 6.45) is -3.44. The van der Waals surface area contributed by atoms with Crippen LogP contribution in [0.1, 0.15) is 12.8 Å². The summed E-state index contributed by atoms with van der Waals surface area (Å²) < 4.78 is 43.5. The fourth-order valence-corrected chi connectivity index (χ4v) is 1.87. The molecule has 0 radical (unpaired) electrons. The number of halogens is 3. The van der Waals surface area contributed by atoms with Crippen LogP contribution in [0.3, 0.4) is 0 Å². The van der Waals surface area contributed by atoms with E-state index in [0.717, 1.165) is 0 Å². The Hall–Kier alpha value is -1.28. The van der Waals surface area contributed by atoms with Gasteiger partial charge in [0.25, 0.3) is 0 Å². The molecule has 5 nitrogen and oxygen atoms in total. The molecule has 0 aliphatic carbocycles. The van der Waals surface area contributed by atoms with E-state index in [2.05, 4.69) is 10.3 Å². The minimum absolute atomic E-state index is 0.00850. The summed E-state index contributed by atoms with van der Waals surface area (Å²) in [6.45, 7) is 0.551. The first-order valence-electron chi connectivity index (χ1n) is 5.11. The van der Waals surface area contributed by atoms with Gasteiger partial charge in [0, 0.05) is 19.2 Å². The molecule has 2 atom stereocenters. The Labute approximate surface area is 95.7 Å². The number of hydrogen-bond donors (Lipinski definition) is 3. The second kappa shape index (κ2) is 3.88. The molecule has 96 valence electrons. The van der Waals surface area contributed by atoms with Crippen LogP contribution in [0.4, 0.5) is 13.2 Å². The quantitative estimate of drug-likeness (QED) is 0.652. The summed E-state index contributed by atoms with van der Waals surface area (Å²) in [7, 11) is 0. The molecule has 2 rings (SSSR count). The second-order valence-corrected chi connectivity index (χ2v) is 4.14. The molecule has 2 aliphatic rings. The number of nitrogens with zero attached hydrogens (tertiary/aromatic N) is 1. The van der Waals surface area contributed by atoms with Crippen molar-refractivity contribution in [2.24, 2.45) is 16.5 Å². The zero-order valence-corrected chi connectivity index (χ0v) is 8.92. The van der Waals surface area contributed by atoms with Crippen molar-refractivity contribution in [3.8, 4) is 0 Å². The van der Waals surface area contributed by atoms with Crippen molar-refractivity contribution in [1.82, 2.24) is 5.32 Å². The fourth-order valence-electron chi connectivity index (χ4n) is 1.87. The third-order valence-electron chi connectivity index (χ3n) is 2.81. The molecule has 1 saturated heterocycles. The van der Waals surface area contributed by atoms with E-state index in [1.54, 1.807) is 0 Å². The van der Waals surface area contributed by atoms with E-state index in [1.807, 2.05) is 0 Å². The summed E-state index contributed by atoms with van der Waals surface area (Å²) in [5, 5.41) is 2.39. The van der Waals surface area contributed by atoms with Crippen LogP contribution in [0.25, 0.3) is 0 Å². The monoisotopic (exact) mass is 250 g/mol. The van der Waals surface area contributed by atoms with Crippen molar-refractivity contribution in [3.05, 3.63) is 11.8 Å². The predicted octanol–water partition coefficient (Wildman–Crippen LogP) is 0.185. The van der Waals surface area contributed by atoms with Crippen molar-refractivity contribution in [2.75, 3.05) is 6.61 Å². The van der Waals surface area contributed by atoms with Gasteiger partial charge in [0.1, 0.15) is 5.66 Å². The number of ether oxygens (including phenoxy) is 1. The first kappa shape index (κ1) is 12.2. The fraction of sp³-hybridized carbons (Fsp3) is 0.667. The van der Waals surface area contributed by atoms with Gasteiger partial charge >= 0.3 is 6.18 Å². The summed E-state index contributed by atoms with van der Waals surface area (Å²) >= 11 is 0. The van der Waals surface area contributed by atoms with Gasteiger partial charge in [-0.05, 0) is 6.42 Å². The van der Waals surface area contributed by atoms with Crippen molar-refractivity contribution in [1.29, 1.82) is 0 Å². The first-order valence-corrected chi connectivity index (χ1v) is 5.11. The van der Waals surface area contributed by atoms with Gasteiger partial charge in [-0.1, -0.05) is 0 Å². The Morgan fingerprint density at radius 2 is 2.24 bits per heavy atom. The normalized spacial score (nSPS) is 33.3. The smallest absolute Gasteiger partial charge is 0.378 e. The highest BCUT2D eigenvalue weighted by molar-refractivity contribution is 5.81. The summed E-state index contributed by atoms with van der Waals surface area (Å²) in [5.41, 5.74) is 8.40. The molecular formula is C9H13F3N4O. The molecule has 0 aromatic heterocycles. The Kier molecular flexibility index (Phi) is 2.78. The van der Waals surface area contributed by atoms with Crippen LogP contribution < -0.4 is 16.8 Å². The van der Waals surface area contributed by atoms with Gasteiger partial charge in [-0.2, -0.15) is 13.2 Å². The molecule has 8 heteroatoms. The van der Waals surface area contributed by atoms with Crippen molar-refractivity contribution >= 4 is 5.96 Å². The van der Waals surface area contributed by atoms with Crippen LogP contribution in [-0.2, 0) is 4.74 Å². The highest BCUT2D eigenvalue weighted by Gasteiger charge is 2.49. The number of aliphatic imine (C=N–C) groups is 1. The molecule has 0 amide bonds. The third kappa shape index (κ3) is 2.37. The van der Waals surface area contributed by atoms with E-state index < -0.39 is 17.4 Å². The lowest BCUT2D eigenvalue weighted by Gasteiger charge is -2.40. The van der Waals surface area contributed by atoms with Gasteiger partial charge in [0.05, 0.1) is 11.7 Å². The number of nitrogens with two attached hydrogens (primary N) is 2. The lowest BCUT2D eigenvalue weighted by Crippen LogP contribution is -2.64. The molecule has 0 spiro atoms. The second-order valence-electron chi connectivity index (χ2n) is 4.14. The number of rotatable bonds is 2. The van der Waals surface area contributed by atoms with Crippen molar-refractivity contribution < 1.29 is 17.9 Å². The molecular weight excluding hydrogens is 237 g/mol. The van der Waals surface area contributed by atoms with Gasteiger partial charge < -0.3 is 21.5 Å². The van der Waals surface area contributed by atoms with E-state index in [4.69, 9.17) is 16.2 Å². The number of hydrogen-bond acceptors (Lipinski definition) is 5. The van der Waals surface area contributed by atoms with E-state index in [9.17, 15) is 13.2 Å². The Balaban J connectivity index is 2.23. The zero-order valence-electron chi connectivity index (χ0n) is 8.92. The number of guanidine groups is 1. The van der Waals surface area contributed by atoms with E-state index >= 15 is 0 Å². The van der Waals surface area contributed by atoms with Gasteiger partial charge in [0.15, 0.2) is 5.96 Å². The highest BCUT2D eigenvalue weighted by Crippen LogP contribution is 2.36. The molecule has 2 unspecified atom stereocenters. The van der Waals surface area contributed by atoms with Crippen LogP contribution >= 0.6 is 0 Å². The molecule has 0 saturated carbocycles. The van der Waals surface area contributed by atoms with Gasteiger partial charge in [-0.25, -0.2) is 4.99 Å². The van der Waals surface area contributed by atoms with Crippen LogP contribution in [0, 0.1) is 0 Å². The highest BCUT2D eigenvalue weighted by atomic mass is 19.4. The summed E-state index contributed by atoms with van der Waals surface area (Å²) in [4.78, 5) is 3.40. The standard InChI is InChI=1S/C9H13F3N4O/c10-9(11,12)6-4-15-7(13)16-8(6,14)3-5-1-2-17-5/h4-5H,1-3,14H2,(H3,13,15,16). The maximum Gasteiger partial charge on any atom is 0.417 e. The van der Waals surface area contributed by atoms with E-state index in [-0.39, 0.29) is 18.5 Å². The molecule has 0 aromatic rings. The molecule has 0 bridgehead atoms. The van der Waals surface area contributed by atoms with E-state index in [1.165, 1.54) is 0 Å². The molecule has 17 heavy (non-hydrogen) atoms. The molecule has 0 aromatic carbocycles. The molecule has 2 aliphatic heterocycles. The van der Waals surface area contributed by atoms with Crippen molar-refractivity contribution in [2.45, 2.75) is 30.8 Å². The Bertz CT molecular complexity index is 375. The number of nitrogens with one attached hydrogen (secondary N) is 1. The van der Waals surface area contributed by atoms with Crippen LogP contribution in [-0.4, -0.2) is 30.5 Å². The van der Waals surface area contributed by atoms with Crippen LogP contribution in [0.5, 0.6) is 0 Å². The maximum atomic E-state index is 12.8. The summed E-state index contributed by atoms with van der Waals surface area (Å²) in [5.74, 6) is -0.125. The predicted molar refractivity (Wildman–Crippen MR) is 54.8 cm³/mol. The molecule has 5 N–H and O–H groups in total. The largest absolute Gasteiger partial charge is 0.417 e. The van der Waals surface area contributed by atoms with Gasteiger partial charge in [-0.15, -0.1) is 0 Å².